The van der Waals surface area contributed by atoms with E-state index in [1.165, 1.54) is 6.92 Å². The first-order valence-corrected chi connectivity index (χ1v) is 9.35. The molecule has 2 rings (SSSR count). The van der Waals surface area contributed by atoms with Gasteiger partial charge in [-0.25, -0.2) is 17.2 Å². The summed E-state index contributed by atoms with van der Waals surface area (Å²) in [5, 5.41) is 12.2. The Morgan fingerprint density at radius 3 is 2.60 bits per heavy atom. The molecule has 2 N–H and O–H groups in total. The molecule has 0 spiro atoms. The minimum Gasteiger partial charge on any atom is -0.387 e. The second-order valence-corrected chi connectivity index (χ2v) is 7.51. The van der Waals surface area contributed by atoms with Gasteiger partial charge < -0.3 is 5.32 Å². The molecular formula is C16H17F2N3O3S. The molecule has 1 aromatic rings. The largest absolute Gasteiger partial charge is 0.387 e. The van der Waals surface area contributed by atoms with E-state index < -0.39 is 38.7 Å². The molecule has 0 amide bonds. The number of allylic oxidation sites excluding steroid dienone is 2. The van der Waals surface area contributed by atoms with Crippen molar-refractivity contribution >= 4 is 21.5 Å². The van der Waals surface area contributed by atoms with E-state index in [2.05, 4.69) is 5.32 Å². The summed E-state index contributed by atoms with van der Waals surface area (Å²) in [7, 11) is -3.81. The van der Waals surface area contributed by atoms with Gasteiger partial charge in [-0.3, -0.25) is 9.52 Å². The van der Waals surface area contributed by atoms with Gasteiger partial charge in [-0.2, -0.15) is 5.26 Å². The smallest absolute Gasteiger partial charge is 0.232 e. The lowest BCUT2D eigenvalue weighted by molar-refractivity contribution is 0.103. The fourth-order valence-corrected chi connectivity index (χ4v) is 3.03. The highest BCUT2D eigenvalue weighted by atomic mass is 32.2. The van der Waals surface area contributed by atoms with Crippen LogP contribution in [0.3, 0.4) is 0 Å². The zero-order valence-electron chi connectivity index (χ0n) is 13.5. The van der Waals surface area contributed by atoms with Crippen LogP contribution in [-0.4, -0.2) is 26.5 Å². The summed E-state index contributed by atoms with van der Waals surface area (Å²) < 4.78 is 53.1. The van der Waals surface area contributed by atoms with Crippen molar-refractivity contribution in [1.82, 2.24) is 5.32 Å². The maximum atomic E-state index is 14.1. The van der Waals surface area contributed by atoms with E-state index in [0.29, 0.717) is 24.7 Å². The number of rotatable bonds is 5. The summed E-state index contributed by atoms with van der Waals surface area (Å²) in [6, 6.07) is 2.96. The summed E-state index contributed by atoms with van der Waals surface area (Å²) in [5.74, 6) is -3.54. The Balaban J connectivity index is 2.47. The molecule has 9 heteroatoms. The molecule has 6 nitrogen and oxygen atoms in total. The summed E-state index contributed by atoms with van der Waals surface area (Å²) >= 11 is 0. The number of ketones is 1. The molecule has 0 saturated carbocycles. The maximum Gasteiger partial charge on any atom is 0.232 e. The molecule has 1 aromatic carbocycles. The number of hydrogen-bond acceptors (Lipinski definition) is 5. The zero-order chi connectivity index (χ0) is 18.6. The van der Waals surface area contributed by atoms with Gasteiger partial charge in [0.25, 0.3) is 0 Å². The fraction of sp³-hybridized carbons (Fsp3) is 0.375. The maximum absolute atomic E-state index is 14.1. The molecule has 1 heterocycles. The number of nitrogens with one attached hydrogen (secondary N) is 2. The molecule has 0 unspecified atom stereocenters. The van der Waals surface area contributed by atoms with E-state index in [1.807, 2.05) is 4.72 Å². The van der Waals surface area contributed by atoms with Crippen molar-refractivity contribution in [2.45, 2.75) is 26.2 Å². The van der Waals surface area contributed by atoms with Gasteiger partial charge in [-0.15, -0.1) is 0 Å². The van der Waals surface area contributed by atoms with Crippen LogP contribution in [0.5, 0.6) is 0 Å². The van der Waals surface area contributed by atoms with Crippen LogP contribution in [0.1, 0.15) is 36.5 Å². The number of carbonyl (C=O) groups excluding carboxylic acids is 1. The van der Waals surface area contributed by atoms with Crippen molar-refractivity contribution < 1.29 is 22.0 Å². The quantitative estimate of drug-likeness (QED) is 0.472. The van der Waals surface area contributed by atoms with Crippen LogP contribution in [0, 0.1) is 23.0 Å². The van der Waals surface area contributed by atoms with Gasteiger partial charge >= 0.3 is 0 Å². The van der Waals surface area contributed by atoms with Gasteiger partial charge in [0.2, 0.25) is 15.8 Å². The van der Waals surface area contributed by atoms with Crippen molar-refractivity contribution in [2.24, 2.45) is 0 Å². The fourth-order valence-electron chi connectivity index (χ4n) is 2.40. The third kappa shape index (κ3) is 4.33. The average Bonchev–Trinajstić information content (AvgIpc) is 2.58. The number of halogens is 2. The van der Waals surface area contributed by atoms with Crippen molar-refractivity contribution in [1.29, 1.82) is 5.26 Å². The summed E-state index contributed by atoms with van der Waals surface area (Å²) in [5.41, 5.74) is -0.940. The Kier molecular flexibility index (Phi) is 5.74. The molecule has 0 radical (unpaired) electrons. The van der Waals surface area contributed by atoms with E-state index in [0.717, 1.165) is 18.9 Å². The summed E-state index contributed by atoms with van der Waals surface area (Å²) in [6.45, 7) is 1.95. The minimum absolute atomic E-state index is 0.255. The Hall–Kier alpha value is -2.47. The molecule has 0 aliphatic carbocycles. The lowest BCUT2D eigenvalue weighted by Crippen LogP contribution is -2.24. The van der Waals surface area contributed by atoms with Crippen LogP contribution in [0.25, 0.3) is 0 Å². The molecule has 25 heavy (non-hydrogen) atoms. The zero-order valence-corrected chi connectivity index (χ0v) is 14.3. The molecular weight excluding hydrogens is 352 g/mol. The predicted molar refractivity (Wildman–Crippen MR) is 88.3 cm³/mol. The van der Waals surface area contributed by atoms with Crippen molar-refractivity contribution in [3.63, 3.8) is 0 Å². The average molecular weight is 369 g/mol. The van der Waals surface area contributed by atoms with Crippen LogP contribution in [0.4, 0.5) is 14.5 Å². The lowest BCUT2D eigenvalue weighted by atomic mass is 9.97. The first-order valence-electron chi connectivity index (χ1n) is 7.70. The second kappa shape index (κ2) is 7.61. The molecule has 0 atom stereocenters. The van der Waals surface area contributed by atoms with Crippen molar-refractivity contribution in [3.8, 4) is 6.07 Å². The van der Waals surface area contributed by atoms with Gasteiger partial charge in [0.15, 0.2) is 0 Å². The SMILES string of the molecule is CCS(=O)(=O)Nc1cc(C(=O)/C(C#N)=C2/CCCCN2)c(F)cc1F. The Bertz CT molecular complexity index is 865. The van der Waals surface area contributed by atoms with Gasteiger partial charge in [0.05, 0.1) is 17.0 Å². The van der Waals surface area contributed by atoms with Crippen molar-refractivity contribution in [3.05, 3.63) is 40.6 Å². The first-order chi connectivity index (χ1) is 11.8. The molecule has 1 aliphatic rings. The third-order valence-electron chi connectivity index (χ3n) is 3.78. The number of hydrogen-bond donors (Lipinski definition) is 2. The van der Waals surface area contributed by atoms with E-state index >= 15 is 0 Å². The predicted octanol–water partition coefficient (Wildman–Crippen LogP) is 2.46. The molecule has 0 bridgehead atoms. The van der Waals surface area contributed by atoms with Gasteiger partial charge in [0.1, 0.15) is 23.3 Å². The highest BCUT2D eigenvalue weighted by Crippen LogP contribution is 2.25. The van der Waals surface area contributed by atoms with Crippen LogP contribution in [0.15, 0.2) is 23.4 Å². The molecule has 1 fully saturated rings. The number of sulfonamides is 1. The Labute approximate surface area is 144 Å². The highest BCUT2D eigenvalue weighted by Gasteiger charge is 2.24. The standard InChI is InChI=1S/C16H17F2N3O3S/c1-2-25(23,24)21-15-7-10(12(17)8-13(15)18)16(22)11(9-19)14-5-3-4-6-20-14/h7-8,20-21H,2-6H2,1H3/b14-11-. The lowest BCUT2D eigenvalue weighted by Gasteiger charge is -2.18. The number of nitrogens with zero attached hydrogens (tertiary/aromatic N) is 1. The Morgan fingerprint density at radius 1 is 1.32 bits per heavy atom. The molecule has 1 aliphatic heterocycles. The number of piperidine rings is 1. The van der Waals surface area contributed by atoms with Gasteiger partial charge in [0, 0.05) is 18.3 Å². The normalized spacial score (nSPS) is 16.6. The molecule has 134 valence electrons. The van der Waals surface area contributed by atoms with E-state index in [1.54, 1.807) is 6.07 Å². The molecule has 0 aromatic heterocycles. The van der Waals surface area contributed by atoms with Crippen LogP contribution in [-0.2, 0) is 10.0 Å². The topological polar surface area (TPSA) is 99.1 Å². The summed E-state index contributed by atoms with van der Waals surface area (Å²) in [4.78, 5) is 12.5. The van der Waals surface area contributed by atoms with E-state index in [4.69, 9.17) is 0 Å². The third-order valence-corrected chi connectivity index (χ3v) is 5.07. The van der Waals surface area contributed by atoms with Gasteiger partial charge in [-0.05, 0) is 32.3 Å². The second-order valence-electron chi connectivity index (χ2n) is 5.50. The number of benzene rings is 1. The number of anilines is 1. The van der Waals surface area contributed by atoms with E-state index in [-0.39, 0.29) is 11.3 Å². The van der Waals surface area contributed by atoms with Crippen LogP contribution in [0.2, 0.25) is 0 Å². The van der Waals surface area contributed by atoms with Crippen molar-refractivity contribution in [2.75, 3.05) is 17.0 Å². The van der Waals surface area contributed by atoms with E-state index in [9.17, 15) is 27.3 Å². The van der Waals surface area contributed by atoms with Gasteiger partial charge in [-0.1, -0.05) is 0 Å². The van der Waals surface area contributed by atoms with Crippen LogP contribution < -0.4 is 10.0 Å². The monoisotopic (exact) mass is 369 g/mol. The summed E-state index contributed by atoms with van der Waals surface area (Å²) in [6.07, 6.45) is 2.16. The minimum atomic E-state index is -3.81. The molecule has 1 saturated heterocycles. The highest BCUT2D eigenvalue weighted by molar-refractivity contribution is 7.92. The number of nitriles is 1. The first kappa shape index (κ1) is 18.9. The van der Waals surface area contributed by atoms with Crippen LogP contribution >= 0.6 is 0 Å². The Morgan fingerprint density at radius 2 is 2.04 bits per heavy atom. The number of carbonyl (C=O) groups is 1. The number of Topliss-reactive ketones (excluding diaryl/α,β-unsaturated/α-hetero) is 1.